The number of aldehydes is 2. The van der Waals surface area contributed by atoms with E-state index in [9.17, 15) is 9.59 Å². The zero-order chi connectivity index (χ0) is 9.14. The van der Waals surface area contributed by atoms with E-state index in [2.05, 4.69) is 0 Å². The quantitative estimate of drug-likeness (QED) is 0.635. The standard InChI is InChI=1S/C8H6O4/c9-3-5-1-7(11)6(4-10)8(12)2-5/h1-4,11-12H. The number of aromatic hydroxyl groups is 2. The Labute approximate surface area is 68.1 Å². The van der Waals surface area contributed by atoms with E-state index in [-0.39, 0.29) is 11.1 Å². The maximum absolute atomic E-state index is 10.2. The molecule has 1 rings (SSSR count). The topological polar surface area (TPSA) is 74.6 Å². The molecule has 1 aromatic carbocycles. The van der Waals surface area contributed by atoms with E-state index in [0.29, 0.717) is 12.6 Å². The van der Waals surface area contributed by atoms with Crippen LogP contribution in [-0.2, 0) is 0 Å². The number of phenolic OH excluding ortho intramolecular Hbond substituents is 2. The highest BCUT2D eigenvalue weighted by Gasteiger charge is 2.07. The van der Waals surface area contributed by atoms with Crippen molar-refractivity contribution in [2.24, 2.45) is 0 Å². The van der Waals surface area contributed by atoms with E-state index in [4.69, 9.17) is 10.2 Å². The summed E-state index contributed by atoms with van der Waals surface area (Å²) in [6.45, 7) is 0. The summed E-state index contributed by atoms with van der Waals surface area (Å²) >= 11 is 0. The fraction of sp³-hybridized carbons (Fsp3) is 0. The van der Waals surface area contributed by atoms with Gasteiger partial charge in [-0.25, -0.2) is 0 Å². The summed E-state index contributed by atoms with van der Waals surface area (Å²) < 4.78 is 0. The highest BCUT2D eigenvalue weighted by molar-refractivity contribution is 5.87. The number of hydrogen-bond donors (Lipinski definition) is 2. The van der Waals surface area contributed by atoms with Crippen LogP contribution in [-0.4, -0.2) is 22.8 Å². The first-order chi connectivity index (χ1) is 5.69. The minimum atomic E-state index is -0.396. The van der Waals surface area contributed by atoms with Crippen LogP contribution >= 0.6 is 0 Å². The normalized spacial score (nSPS) is 9.33. The second kappa shape index (κ2) is 3.04. The second-order valence-electron chi connectivity index (χ2n) is 2.21. The third-order valence-electron chi connectivity index (χ3n) is 1.41. The van der Waals surface area contributed by atoms with Gasteiger partial charge in [-0.1, -0.05) is 0 Å². The van der Waals surface area contributed by atoms with Gasteiger partial charge in [0.1, 0.15) is 17.8 Å². The molecule has 62 valence electrons. The number of phenols is 2. The molecule has 0 aliphatic heterocycles. The van der Waals surface area contributed by atoms with Gasteiger partial charge < -0.3 is 10.2 Å². The molecule has 0 saturated carbocycles. The molecule has 12 heavy (non-hydrogen) atoms. The maximum Gasteiger partial charge on any atom is 0.157 e. The van der Waals surface area contributed by atoms with Gasteiger partial charge in [-0.15, -0.1) is 0 Å². The van der Waals surface area contributed by atoms with Crippen molar-refractivity contribution in [2.75, 3.05) is 0 Å². The van der Waals surface area contributed by atoms with Gasteiger partial charge in [-0.2, -0.15) is 0 Å². The molecule has 0 spiro atoms. The van der Waals surface area contributed by atoms with Gasteiger partial charge in [0.15, 0.2) is 6.29 Å². The van der Waals surface area contributed by atoms with E-state index < -0.39 is 11.5 Å². The summed E-state index contributed by atoms with van der Waals surface area (Å²) in [6.07, 6.45) is 0.785. The molecule has 0 aromatic heterocycles. The molecule has 0 saturated heterocycles. The minimum absolute atomic E-state index is 0.121. The highest BCUT2D eigenvalue weighted by atomic mass is 16.3. The Morgan fingerprint density at radius 3 is 1.83 bits per heavy atom. The van der Waals surface area contributed by atoms with Crippen LogP contribution in [0.25, 0.3) is 0 Å². The van der Waals surface area contributed by atoms with Crippen molar-refractivity contribution in [1.29, 1.82) is 0 Å². The molecule has 0 fully saturated rings. The van der Waals surface area contributed by atoms with E-state index in [1.807, 2.05) is 0 Å². The smallest absolute Gasteiger partial charge is 0.157 e. The zero-order valence-corrected chi connectivity index (χ0v) is 6.02. The molecule has 4 heteroatoms. The average Bonchev–Trinajstić information content (AvgIpc) is 2.03. The van der Waals surface area contributed by atoms with Crippen molar-refractivity contribution < 1.29 is 19.8 Å². The average molecular weight is 166 g/mol. The van der Waals surface area contributed by atoms with Crippen LogP contribution in [0.1, 0.15) is 20.7 Å². The Morgan fingerprint density at radius 2 is 1.50 bits per heavy atom. The Kier molecular flexibility index (Phi) is 2.09. The van der Waals surface area contributed by atoms with Crippen molar-refractivity contribution >= 4 is 12.6 Å². The van der Waals surface area contributed by atoms with Crippen LogP contribution in [0.3, 0.4) is 0 Å². The predicted octanol–water partition coefficient (Wildman–Crippen LogP) is 0.723. The number of carbonyl (C=O) groups is 2. The molecule has 0 radical (unpaired) electrons. The molecule has 0 bridgehead atoms. The van der Waals surface area contributed by atoms with Gasteiger partial charge in [0.25, 0.3) is 0 Å². The van der Waals surface area contributed by atoms with Gasteiger partial charge in [0.05, 0.1) is 5.56 Å². The van der Waals surface area contributed by atoms with Crippen LogP contribution in [0.2, 0.25) is 0 Å². The second-order valence-corrected chi connectivity index (χ2v) is 2.21. The van der Waals surface area contributed by atoms with Gasteiger partial charge in [-0.3, -0.25) is 9.59 Å². The molecule has 4 nitrogen and oxygen atoms in total. The fourth-order valence-electron chi connectivity index (χ4n) is 0.833. The molecule has 1 aromatic rings. The van der Waals surface area contributed by atoms with Crippen molar-refractivity contribution in [3.8, 4) is 11.5 Å². The monoisotopic (exact) mass is 166 g/mol. The lowest BCUT2D eigenvalue weighted by atomic mass is 10.1. The van der Waals surface area contributed by atoms with Crippen LogP contribution in [0.5, 0.6) is 11.5 Å². The van der Waals surface area contributed by atoms with E-state index in [1.54, 1.807) is 0 Å². The lowest BCUT2D eigenvalue weighted by Gasteiger charge is -2.00. The lowest BCUT2D eigenvalue weighted by Crippen LogP contribution is -1.86. The summed E-state index contributed by atoms with van der Waals surface area (Å²) in [5, 5.41) is 18.1. The molecular weight excluding hydrogens is 160 g/mol. The van der Waals surface area contributed by atoms with Crippen LogP contribution in [0.4, 0.5) is 0 Å². The summed E-state index contributed by atoms with van der Waals surface area (Å²) in [5.74, 6) is -0.792. The molecule has 0 atom stereocenters. The Morgan fingerprint density at radius 1 is 1.00 bits per heavy atom. The van der Waals surface area contributed by atoms with Crippen molar-refractivity contribution in [3.63, 3.8) is 0 Å². The number of rotatable bonds is 2. The van der Waals surface area contributed by atoms with Gasteiger partial charge in [-0.05, 0) is 12.1 Å². The molecule has 0 aliphatic rings. The van der Waals surface area contributed by atoms with Crippen molar-refractivity contribution in [3.05, 3.63) is 23.3 Å². The van der Waals surface area contributed by atoms with Gasteiger partial charge in [0.2, 0.25) is 0 Å². The molecule has 0 unspecified atom stereocenters. The van der Waals surface area contributed by atoms with Gasteiger partial charge in [0, 0.05) is 5.56 Å². The zero-order valence-electron chi connectivity index (χ0n) is 6.02. The largest absolute Gasteiger partial charge is 0.507 e. The first-order valence-corrected chi connectivity index (χ1v) is 3.15. The van der Waals surface area contributed by atoms with E-state index in [0.717, 1.165) is 12.1 Å². The number of hydrogen-bond acceptors (Lipinski definition) is 4. The number of benzene rings is 1. The third kappa shape index (κ3) is 1.27. The van der Waals surface area contributed by atoms with Crippen LogP contribution in [0.15, 0.2) is 12.1 Å². The molecule has 0 aliphatic carbocycles. The maximum atomic E-state index is 10.2. The lowest BCUT2D eigenvalue weighted by molar-refractivity contribution is 0.110. The summed E-state index contributed by atoms with van der Waals surface area (Å²) in [4.78, 5) is 20.4. The minimum Gasteiger partial charge on any atom is -0.507 e. The molecular formula is C8H6O4. The summed E-state index contributed by atoms with van der Waals surface area (Å²) in [7, 11) is 0. The SMILES string of the molecule is O=Cc1cc(O)c(C=O)c(O)c1. The molecule has 2 N–H and O–H groups in total. The molecule has 0 amide bonds. The van der Waals surface area contributed by atoms with Crippen LogP contribution < -0.4 is 0 Å². The highest BCUT2D eigenvalue weighted by Crippen LogP contribution is 2.25. The van der Waals surface area contributed by atoms with Gasteiger partial charge >= 0.3 is 0 Å². The summed E-state index contributed by atoms with van der Waals surface area (Å²) in [5.41, 5.74) is -0.0869. The summed E-state index contributed by atoms with van der Waals surface area (Å²) in [6, 6.07) is 2.22. The first-order valence-electron chi connectivity index (χ1n) is 3.15. The number of carbonyl (C=O) groups excluding carboxylic acids is 2. The fourth-order valence-corrected chi connectivity index (χ4v) is 0.833. The third-order valence-corrected chi connectivity index (χ3v) is 1.41. The van der Waals surface area contributed by atoms with E-state index in [1.165, 1.54) is 0 Å². The predicted molar refractivity (Wildman–Crippen MR) is 40.5 cm³/mol. The van der Waals surface area contributed by atoms with Crippen LogP contribution in [0, 0.1) is 0 Å². The Hall–Kier alpha value is -1.84. The van der Waals surface area contributed by atoms with Crippen molar-refractivity contribution in [1.82, 2.24) is 0 Å². The first kappa shape index (κ1) is 8.26. The Bertz CT molecular complexity index is 307. The Balaban J connectivity index is 3.36. The molecule has 0 heterocycles. The van der Waals surface area contributed by atoms with Crippen molar-refractivity contribution in [2.45, 2.75) is 0 Å². The van der Waals surface area contributed by atoms with E-state index >= 15 is 0 Å².